The molecule has 0 unspecified atom stereocenters. The highest BCUT2D eigenvalue weighted by Gasteiger charge is 2.19. The summed E-state index contributed by atoms with van der Waals surface area (Å²) in [6.45, 7) is 0.198. The van der Waals surface area contributed by atoms with Crippen molar-refractivity contribution in [2.24, 2.45) is 0 Å². The first-order chi connectivity index (χ1) is 11.1. The van der Waals surface area contributed by atoms with Crippen LogP contribution in [-0.4, -0.2) is 34.0 Å². The molecule has 0 aromatic heterocycles. The van der Waals surface area contributed by atoms with E-state index in [9.17, 15) is 4.79 Å². The van der Waals surface area contributed by atoms with Crippen LogP contribution in [-0.2, 0) is 0 Å². The third kappa shape index (κ3) is 2.88. The molecular formula is C17H17NO5. The molecule has 3 rings (SSSR count). The largest absolute Gasteiger partial charge is 0.497 e. The first kappa shape index (κ1) is 15.0. The van der Waals surface area contributed by atoms with Gasteiger partial charge in [0.1, 0.15) is 11.5 Å². The molecule has 0 saturated heterocycles. The molecule has 6 nitrogen and oxygen atoms in total. The smallest absolute Gasteiger partial charge is 0.258 e. The maximum atomic E-state index is 12.7. The van der Waals surface area contributed by atoms with Gasteiger partial charge in [0.25, 0.3) is 5.91 Å². The number of fused-ring (bicyclic) bond motifs is 1. The van der Waals surface area contributed by atoms with Crippen molar-refractivity contribution in [2.45, 2.75) is 0 Å². The molecule has 0 saturated carbocycles. The lowest BCUT2D eigenvalue weighted by Crippen LogP contribution is -2.26. The lowest BCUT2D eigenvalue weighted by Gasteiger charge is -2.18. The van der Waals surface area contributed by atoms with Gasteiger partial charge >= 0.3 is 0 Å². The molecule has 0 N–H and O–H groups in total. The number of ether oxygens (including phenoxy) is 4. The lowest BCUT2D eigenvalue weighted by molar-refractivity contribution is 0.0992. The van der Waals surface area contributed by atoms with E-state index in [1.807, 2.05) is 6.07 Å². The first-order valence-electron chi connectivity index (χ1n) is 7.03. The van der Waals surface area contributed by atoms with Crippen LogP contribution in [0, 0.1) is 0 Å². The van der Waals surface area contributed by atoms with E-state index in [4.69, 9.17) is 18.9 Å². The highest BCUT2D eigenvalue weighted by atomic mass is 16.7. The van der Waals surface area contributed by atoms with Crippen LogP contribution in [0.3, 0.4) is 0 Å². The van der Waals surface area contributed by atoms with Crippen molar-refractivity contribution in [3.63, 3.8) is 0 Å². The minimum atomic E-state index is -0.180. The van der Waals surface area contributed by atoms with Gasteiger partial charge in [0, 0.05) is 30.4 Å². The molecule has 1 aliphatic heterocycles. The summed E-state index contributed by atoms with van der Waals surface area (Å²) < 4.78 is 21.0. The minimum Gasteiger partial charge on any atom is -0.497 e. The Hall–Kier alpha value is -2.89. The van der Waals surface area contributed by atoms with E-state index in [1.165, 1.54) is 4.90 Å². The first-order valence-corrected chi connectivity index (χ1v) is 7.03. The molecule has 0 spiro atoms. The molecule has 0 fully saturated rings. The number of hydrogen-bond donors (Lipinski definition) is 0. The Morgan fingerprint density at radius 1 is 1.00 bits per heavy atom. The summed E-state index contributed by atoms with van der Waals surface area (Å²) in [5.41, 5.74) is 1.18. The number of rotatable bonds is 4. The summed E-state index contributed by atoms with van der Waals surface area (Å²) in [7, 11) is 4.79. The van der Waals surface area contributed by atoms with E-state index >= 15 is 0 Å². The number of benzene rings is 2. The fraction of sp³-hybridized carbons (Fsp3) is 0.235. The number of hydrogen-bond acceptors (Lipinski definition) is 5. The molecule has 1 aliphatic rings. The predicted molar refractivity (Wildman–Crippen MR) is 84.8 cm³/mol. The topological polar surface area (TPSA) is 57.2 Å². The van der Waals surface area contributed by atoms with E-state index in [0.29, 0.717) is 34.2 Å². The van der Waals surface area contributed by atoms with Crippen molar-refractivity contribution in [2.75, 3.05) is 33.0 Å². The fourth-order valence-corrected chi connectivity index (χ4v) is 2.34. The monoisotopic (exact) mass is 315 g/mol. The lowest BCUT2D eigenvalue weighted by atomic mass is 10.1. The van der Waals surface area contributed by atoms with Crippen LogP contribution in [0.1, 0.15) is 10.4 Å². The van der Waals surface area contributed by atoms with Crippen LogP contribution < -0.4 is 23.8 Å². The van der Waals surface area contributed by atoms with Crippen LogP contribution in [0.2, 0.25) is 0 Å². The molecule has 2 aromatic carbocycles. The Labute approximate surface area is 134 Å². The van der Waals surface area contributed by atoms with Gasteiger partial charge in [-0.1, -0.05) is 0 Å². The van der Waals surface area contributed by atoms with E-state index in [1.54, 1.807) is 51.6 Å². The molecule has 1 heterocycles. The van der Waals surface area contributed by atoms with Crippen molar-refractivity contribution in [3.8, 4) is 23.0 Å². The second-order valence-corrected chi connectivity index (χ2v) is 5.00. The fourth-order valence-electron chi connectivity index (χ4n) is 2.34. The van der Waals surface area contributed by atoms with Gasteiger partial charge < -0.3 is 23.8 Å². The zero-order valence-corrected chi connectivity index (χ0v) is 13.2. The number of anilines is 1. The number of amides is 1. The molecule has 0 bridgehead atoms. The average Bonchev–Trinajstić information content (AvgIpc) is 3.07. The van der Waals surface area contributed by atoms with Gasteiger partial charge in [-0.3, -0.25) is 4.79 Å². The Balaban J connectivity index is 1.90. The van der Waals surface area contributed by atoms with Gasteiger partial charge in [0.2, 0.25) is 6.79 Å². The van der Waals surface area contributed by atoms with Crippen molar-refractivity contribution >= 4 is 11.6 Å². The SMILES string of the molecule is COc1cc(OC)cc(C(=O)N(C)c2ccc3c(c2)OCO3)c1. The predicted octanol–water partition coefficient (Wildman–Crippen LogP) is 2.71. The summed E-state index contributed by atoms with van der Waals surface area (Å²) in [4.78, 5) is 14.3. The summed E-state index contributed by atoms with van der Waals surface area (Å²) in [5.74, 6) is 2.25. The van der Waals surface area contributed by atoms with E-state index in [0.717, 1.165) is 0 Å². The molecule has 2 aromatic rings. The second kappa shape index (κ2) is 6.08. The molecule has 6 heteroatoms. The molecule has 23 heavy (non-hydrogen) atoms. The van der Waals surface area contributed by atoms with Gasteiger partial charge in [-0.25, -0.2) is 0 Å². The molecule has 1 amide bonds. The Morgan fingerprint density at radius 3 is 2.30 bits per heavy atom. The number of carbonyl (C=O) groups is 1. The van der Waals surface area contributed by atoms with Gasteiger partial charge in [-0.2, -0.15) is 0 Å². The van der Waals surface area contributed by atoms with Crippen LogP contribution in [0.15, 0.2) is 36.4 Å². The van der Waals surface area contributed by atoms with E-state index in [2.05, 4.69) is 0 Å². The van der Waals surface area contributed by atoms with Crippen LogP contribution in [0.4, 0.5) is 5.69 Å². The summed E-state index contributed by atoms with van der Waals surface area (Å²) in [6, 6.07) is 10.4. The molecule has 0 atom stereocenters. The Kier molecular flexibility index (Phi) is 3.97. The Bertz CT molecular complexity index is 722. The van der Waals surface area contributed by atoms with Crippen LogP contribution in [0.25, 0.3) is 0 Å². The summed E-state index contributed by atoms with van der Waals surface area (Å²) in [6.07, 6.45) is 0. The maximum absolute atomic E-state index is 12.7. The quantitative estimate of drug-likeness (QED) is 0.868. The normalized spacial score (nSPS) is 12.0. The van der Waals surface area contributed by atoms with Crippen molar-refractivity contribution in [1.82, 2.24) is 0 Å². The summed E-state index contributed by atoms with van der Waals surface area (Å²) in [5, 5.41) is 0. The van der Waals surface area contributed by atoms with Crippen molar-refractivity contribution in [3.05, 3.63) is 42.0 Å². The van der Waals surface area contributed by atoms with Crippen molar-refractivity contribution < 1.29 is 23.7 Å². The highest BCUT2D eigenvalue weighted by molar-refractivity contribution is 6.06. The molecule has 0 aliphatic carbocycles. The molecule has 0 radical (unpaired) electrons. The summed E-state index contributed by atoms with van der Waals surface area (Å²) >= 11 is 0. The number of methoxy groups -OCH3 is 2. The highest BCUT2D eigenvalue weighted by Crippen LogP contribution is 2.35. The third-order valence-corrected chi connectivity index (χ3v) is 3.65. The average molecular weight is 315 g/mol. The van der Waals surface area contributed by atoms with Gasteiger partial charge in [0.05, 0.1) is 14.2 Å². The van der Waals surface area contributed by atoms with Gasteiger partial charge in [-0.15, -0.1) is 0 Å². The standard InChI is InChI=1S/C17H17NO5/c1-18(12-4-5-15-16(8-12)23-10-22-15)17(19)11-6-13(20-2)9-14(7-11)21-3/h4-9H,10H2,1-3H3. The molecule has 120 valence electrons. The second-order valence-electron chi connectivity index (χ2n) is 5.00. The van der Waals surface area contributed by atoms with E-state index in [-0.39, 0.29) is 12.7 Å². The molecular weight excluding hydrogens is 298 g/mol. The third-order valence-electron chi connectivity index (χ3n) is 3.65. The van der Waals surface area contributed by atoms with Gasteiger partial charge in [0.15, 0.2) is 11.5 Å². The van der Waals surface area contributed by atoms with E-state index < -0.39 is 0 Å². The Morgan fingerprint density at radius 2 is 1.65 bits per heavy atom. The number of nitrogens with zero attached hydrogens (tertiary/aromatic N) is 1. The van der Waals surface area contributed by atoms with Gasteiger partial charge in [-0.05, 0) is 24.3 Å². The van der Waals surface area contributed by atoms with Crippen LogP contribution in [0.5, 0.6) is 23.0 Å². The zero-order chi connectivity index (χ0) is 16.4. The number of carbonyl (C=O) groups excluding carboxylic acids is 1. The maximum Gasteiger partial charge on any atom is 0.258 e. The zero-order valence-electron chi connectivity index (χ0n) is 13.2. The van der Waals surface area contributed by atoms with Crippen molar-refractivity contribution in [1.29, 1.82) is 0 Å². The van der Waals surface area contributed by atoms with Crippen LogP contribution >= 0.6 is 0 Å². The minimum absolute atomic E-state index is 0.180.